The number of hydrogen-bond acceptors (Lipinski definition) is 8. The molecule has 0 saturated carbocycles. The molecule has 0 bridgehead atoms. The van der Waals surface area contributed by atoms with Crippen molar-refractivity contribution >= 4 is 29.9 Å². The van der Waals surface area contributed by atoms with Gasteiger partial charge in [-0.05, 0) is 75.9 Å². The van der Waals surface area contributed by atoms with Crippen LogP contribution >= 0.6 is 0 Å². The van der Waals surface area contributed by atoms with Crippen LogP contribution in [0.1, 0.15) is 38.8 Å². The summed E-state index contributed by atoms with van der Waals surface area (Å²) in [5.74, 6) is 0. The molecule has 2 saturated heterocycles. The van der Waals surface area contributed by atoms with Gasteiger partial charge in [0.2, 0.25) is 29.9 Å². The molecule has 2 fully saturated rings. The number of ether oxygens (including phenoxy) is 2. The van der Waals surface area contributed by atoms with Gasteiger partial charge >= 0.3 is 0 Å². The zero-order chi connectivity index (χ0) is 28.3. The number of aryl methyl sites for hydroxylation is 2. The lowest BCUT2D eigenvalue weighted by molar-refractivity contribution is -0.0442. The number of benzene rings is 2. The molecular weight excluding hydrogens is 564 g/mol. The predicted octanol–water partition coefficient (Wildman–Crippen LogP) is 2.21. The summed E-state index contributed by atoms with van der Waals surface area (Å²) in [6, 6.07) is 8.42. The number of fused-ring (bicyclic) bond motifs is 2. The zero-order valence-corrected chi connectivity index (χ0v) is 24.9. The van der Waals surface area contributed by atoms with Crippen molar-refractivity contribution in [3.05, 3.63) is 47.5 Å². The van der Waals surface area contributed by atoms with Crippen molar-refractivity contribution in [1.82, 2.24) is 8.61 Å². The number of rotatable bonds is 4. The third-order valence-corrected chi connectivity index (χ3v) is 12.9. The van der Waals surface area contributed by atoms with Gasteiger partial charge in [0.15, 0.2) is 0 Å². The van der Waals surface area contributed by atoms with Crippen molar-refractivity contribution in [3.8, 4) is 0 Å². The fourth-order valence-corrected chi connectivity index (χ4v) is 10.9. The van der Waals surface area contributed by atoms with Crippen LogP contribution in [0, 0.1) is 0 Å². The topological polar surface area (TPSA) is 127 Å². The lowest BCUT2D eigenvalue weighted by Crippen LogP contribution is -2.48. The first-order chi connectivity index (χ1) is 18.2. The quantitative estimate of drug-likeness (QED) is 0.524. The number of sulfone groups is 1. The number of morpholine rings is 2. The lowest BCUT2D eigenvalue weighted by atomic mass is 10.0. The van der Waals surface area contributed by atoms with E-state index in [-0.39, 0.29) is 70.2 Å². The van der Waals surface area contributed by atoms with E-state index in [0.29, 0.717) is 24.0 Å². The van der Waals surface area contributed by atoms with Crippen molar-refractivity contribution in [2.24, 2.45) is 0 Å². The molecule has 0 N–H and O–H groups in total. The van der Waals surface area contributed by atoms with Gasteiger partial charge in [-0.2, -0.15) is 8.61 Å². The summed E-state index contributed by atoms with van der Waals surface area (Å²) < 4.78 is 95.9. The Balaban J connectivity index is 1.55. The first-order valence-corrected chi connectivity index (χ1v) is 17.4. The van der Waals surface area contributed by atoms with Crippen LogP contribution in [-0.2, 0) is 52.2 Å². The minimum Gasteiger partial charge on any atom is -0.373 e. The van der Waals surface area contributed by atoms with Gasteiger partial charge in [-0.25, -0.2) is 25.3 Å². The van der Waals surface area contributed by atoms with Crippen LogP contribution in [0.4, 0.5) is 0 Å². The van der Waals surface area contributed by atoms with Crippen molar-refractivity contribution in [1.29, 1.82) is 0 Å². The van der Waals surface area contributed by atoms with E-state index in [4.69, 9.17) is 9.47 Å². The first-order valence-electron chi connectivity index (χ1n) is 13.0. The Morgan fingerprint density at radius 2 is 0.974 bits per heavy atom. The van der Waals surface area contributed by atoms with Gasteiger partial charge in [0.1, 0.15) is 0 Å². The Morgan fingerprint density at radius 1 is 0.641 bits per heavy atom. The molecule has 0 spiro atoms. The van der Waals surface area contributed by atoms with Crippen molar-refractivity contribution < 1.29 is 34.7 Å². The van der Waals surface area contributed by atoms with Gasteiger partial charge in [-0.1, -0.05) is 12.1 Å². The highest BCUT2D eigenvalue weighted by Crippen LogP contribution is 2.36. The fourth-order valence-electron chi connectivity index (χ4n) is 5.64. The van der Waals surface area contributed by atoms with E-state index in [0.717, 1.165) is 0 Å². The van der Waals surface area contributed by atoms with Gasteiger partial charge in [-0.3, -0.25) is 0 Å². The van der Waals surface area contributed by atoms with Crippen LogP contribution in [0.25, 0.3) is 0 Å². The molecular formula is C26H34N2O8S3. The smallest absolute Gasteiger partial charge is 0.243 e. The maximum Gasteiger partial charge on any atom is 0.243 e. The highest BCUT2D eigenvalue weighted by molar-refractivity contribution is 7.92. The second-order valence-electron chi connectivity index (χ2n) is 10.7. The summed E-state index contributed by atoms with van der Waals surface area (Å²) in [6.45, 7) is 7.83. The summed E-state index contributed by atoms with van der Waals surface area (Å²) in [7, 11) is -12.2. The van der Waals surface area contributed by atoms with Crippen molar-refractivity contribution in [3.63, 3.8) is 0 Å². The minimum absolute atomic E-state index is 0.111. The van der Waals surface area contributed by atoms with Crippen LogP contribution in [0.3, 0.4) is 0 Å². The predicted molar refractivity (Wildman–Crippen MR) is 143 cm³/mol. The third kappa shape index (κ3) is 5.30. The maximum atomic E-state index is 14.0. The number of nitrogens with zero attached hydrogens (tertiary/aromatic N) is 2. The summed E-state index contributed by atoms with van der Waals surface area (Å²) >= 11 is 0. The molecule has 13 heteroatoms. The zero-order valence-electron chi connectivity index (χ0n) is 22.4. The van der Waals surface area contributed by atoms with Crippen molar-refractivity contribution in [2.75, 3.05) is 26.2 Å². The Labute approximate surface area is 230 Å². The van der Waals surface area contributed by atoms with E-state index in [9.17, 15) is 25.3 Å². The van der Waals surface area contributed by atoms with Crippen LogP contribution in [0.2, 0.25) is 0 Å². The second-order valence-corrected chi connectivity index (χ2v) is 16.5. The molecule has 10 nitrogen and oxygen atoms in total. The maximum absolute atomic E-state index is 14.0. The normalized spacial score (nSPS) is 28.3. The van der Waals surface area contributed by atoms with E-state index in [2.05, 4.69) is 0 Å². The summed E-state index contributed by atoms with van der Waals surface area (Å²) in [4.78, 5) is -0.455. The number of sulfonamides is 2. The Bertz CT molecular complexity index is 1470. The van der Waals surface area contributed by atoms with Gasteiger partial charge in [-0.15, -0.1) is 0 Å². The Hall–Kier alpha value is -1.87. The molecule has 2 aromatic carbocycles. The SMILES string of the molecule is C[C@@H]1CN(S(=O)(=O)c2ccc3c(c2)S(=O)(=O)c2cc(S(=O)(=O)N4C[C@H](C)O[C@@H](C)C4)ccc2CC3)C[C@H](C)O1. The fraction of sp³-hybridized carbons (Fsp3) is 0.538. The van der Waals surface area contributed by atoms with E-state index < -0.39 is 29.9 Å². The van der Waals surface area contributed by atoms with Crippen LogP contribution in [-0.4, -0.2) is 84.5 Å². The molecule has 3 heterocycles. The summed E-state index contributed by atoms with van der Waals surface area (Å²) in [6.07, 6.45) is -0.429. The average molecular weight is 599 g/mol. The van der Waals surface area contributed by atoms with Crippen molar-refractivity contribution in [2.45, 2.75) is 84.5 Å². The molecule has 214 valence electrons. The first kappa shape index (κ1) is 28.7. The molecule has 0 unspecified atom stereocenters. The van der Waals surface area contributed by atoms with Crippen LogP contribution < -0.4 is 0 Å². The van der Waals surface area contributed by atoms with Crippen LogP contribution in [0.15, 0.2) is 56.0 Å². The molecule has 4 atom stereocenters. The van der Waals surface area contributed by atoms with Gasteiger partial charge < -0.3 is 9.47 Å². The summed E-state index contributed by atoms with van der Waals surface area (Å²) in [5.41, 5.74) is 0.989. The standard InChI is InChI=1S/C26H34N2O8S3/c1-17-13-27(14-18(2)35-17)38(31,32)23-9-7-21-5-6-22-8-10-24(12-26(22)37(29,30)25(21)11-23)39(33,34)28-15-19(3)36-20(4)16-28/h7-12,17-20H,5-6,13-16H2,1-4H3/t17-,18-,19-,20+/m0/s1. The molecule has 5 rings (SSSR count). The Kier molecular flexibility index (Phi) is 7.49. The molecule has 0 radical (unpaired) electrons. The highest BCUT2D eigenvalue weighted by Gasteiger charge is 2.37. The average Bonchev–Trinajstić information content (AvgIpc) is 2.96. The van der Waals surface area contributed by atoms with Gasteiger partial charge in [0.25, 0.3) is 0 Å². The molecule has 3 aliphatic rings. The monoisotopic (exact) mass is 598 g/mol. The van der Waals surface area contributed by atoms with Crippen LogP contribution in [0.5, 0.6) is 0 Å². The number of hydrogen-bond donors (Lipinski definition) is 0. The van der Waals surface area contributed by atoms with Gasteiger partial charge in [0.05, 0.1) is 44.0 Å². The molecule has 0 aliphatic carbocycles. The minimum atomic E-state index is -4.22. The molecule has 2 aromatic rings. The molecule has 3 aliphatic heterocycles. The summed E-state index contributed by atoms with van der Waals surface area (Å²) in [5, 5.41) is 0. The van der Waals surface area contributed by atoms with E-state index in [1.54, 1.807) is 39.8 Å². The largest absolute Gasteiger partial charge is 0.373 e. The molecule has 0 aromatic heterocycles. The Morgan fingerprint density at radius 3 is 1.31 bits per heavy atom. The highest BCUT2D eigenvalue weighted by atomic mass is 32.2. The lowest BCUT2D eigenvalue weighted by Gasteiger charge is -2.34. The third-order valence-electron chi connectivity index (χ3n) is 7.37. The van der Waals surface area contributed by atoms with E-state index in [1.807, 2.05) is 0 Å². The second kappa shape index (κ2) is 10.2. The van der Waals surface area contributed by atoms with E-state index >= 15 is 0 Å². The molecule has 0 amide bonds. The van der Waals surface area contributed by atoms with E-state index in [1.165, 1.54) is 32.9 Å². The van der Waals surface area contributed by atoms with Gasteiger partial charge in [0, 0.05) is 26.2 Å². The molecule has 39 heavy (non-hydrogen) atoms.